The lowest BCUT2D eigenvalue weighted by molar-refractivity contribution is -0.289. The molecule has 0 saturated carbocycles. The maximum atomic E-state index is 14.5. The van der Waals surface area contributed by atoms with E-state index in [-0.39, 0.29) is 29.0 Å². The molecule has 2 aliphatic carbocycles. The average Bonchev–Trinajstić information content (AvgIpc) is 2.74. The predicted octanol–water partition coefficient (Wildman–Crippen LogP) is 5.32. The van der Waals surface area contributed by atoms with Crippen LogP contribution in [-0.4, -0.2) is 11.0 Å². The minimum Gasteiger partial charge on any atom is -0.457 e. The Morgan fingerprint density at radius 1 is 1.18 bits per heavy atom. The molecule has 2 aromatic rings. The Morgan fingerprint density at radius 3 is 2.57 bits per heavy atom. The summed E-state index contributed by atoms with van der Waals surface area (Å²) in [6, 6.07) is 6.90. The number of aliphatic hydroxyl groups is 1. The molecule has 0 radical (unpaired) electrons. The van der Waals surface area contributed by atoms with Crippen LogP contribution in [0, 0.1) is 17.1 Å². The number of ether oxygens (including phenoxy) is 1. The fourth-order valence-electron chi connectivity index (χ4n) is 4.14. The molecular formula is C20H14F5NO2. The molecule has 0 amide bonds. The molecule has 2 aliphatic rings. The van der Waals surface area contributed by atoms with Gasteiger partial charge in [0.2, 0.25) is 0 Å². The summed E-state index contributed by atoms with van der Waals surface area (Å²) in [4.78, 5) is 0. The third kappa shape index (κ3) is 2.23. The summed E-state index contributed by atoms with van der Waals surface area (Å²) in [7, 11) is 0. The molecule has 28 heavy (non-hydrogen) atoms. The number of hydrogen-bond acceptors (Lipinski definition) is 3. The summed E-state index contributed by atoms with van der Waals surface area (Å²) in [6.07, 6.45) is -0.472. The number of alkyl halides is 4. The third-order valence-electron chi connectivity index (χ3n) is 5.53. The van der Waals surface area contributed by atoms with Crippen molar-refractivity contribution in [3.05, 3.63) is 58.4 Å². The maximum absolute atomic E-state index is 14.5. The Kier molecular flexibility index (Phi) is 3.79. The normalized spacial score (nSPS) is 26.4. The molecule has 0 aliphatic heterocycles. The zero-order chi connectivity index (χ0) is 20.5. The van der Waals surface area contributed by atoms with Crippen molar-refractivity contribution in [2.75, 3.05) is 0 Å². The van der Waals surface area contributed by atoms with Crippen LogP contribution < -0.4 is 4.74 Å². The molecule has 1 N–H and O–H groups in total. The number of halogens is 5. The van der Waals surface area contributed by atoms with Crippen LogP contribution in [0.2, 0.25) is 0 Å². The molecule has 0 aromatic heterocycles. The first-order chi connectivity index (χ1) is 13.0. The van der Waals surface area contributed by atoms with Gasteiger partial charge in [-0.1, -0.05) is 6.92 Å². The zero-order valence-corrected chi connectivity index (χ0v) is 14.6. The minimum absolute atomic E-state index is 0.0209. The van der Waals surface area contributed by atoms with Crippen molar-refractivity contribution in [1.82, 2.24) is 0 Å². The minimum atomic E-state index is -4.66. The summed E-state index contributed by atoms with van der Waals surface area (Å²) < 4.78 is 77.0. The van der Waals surface area contributed by atoms with Crippen molar-refractivity contribution in [3.63, 3.8) is 0 Å². The van der Waals surface area contributed by atoms with Gasteiger partial charge >= 0.3 is 11.8 Å². The quantitative estimate of drug-likeness (QED) is 0.701. The summed E-state index contributed by atoms with van der Waals surface area (Å²) in [5, 5.41) is 19.5. The average molecular weight is 395 g/mol. The van der Waals surface area contributed by atoms with E-state index in [4.69, 9.17) is 10.00 Å². The van der Waals surface area contributed by atoms with Crippen LogP contribution in [0.4, 0.5) is 22.0 Å². The highest BCUT2D eigenvalue weighted by atomic mass is 19.3. The summed E-state index contributed by atoms with van der Waals surface area (Å²) >= 11 is 0. The molecule has 0 unspecified atom stereocenters. The van der Waals surface area contributed by atoms with Crippen LogP contribution in [0.15, 0.2) is 30.3 Å². The van der Waals surface area contributed by atoms with E-state index in [0.717, 1.165) is 24.3 Å². The zero-order valence-electron chi connectivity index (χ0n) is 14.6. The predicted molar refractivity (Wildman–Crippen MR) is 88.0 cm³/mol. The Bertz CT molecular complexity index is 1030. The van der Waals surface area contributed by atoms with Gasteiger partial charge in [-0.2, -0.15) is 22.8 Å². The van der Waals surface area contributed by atoms with Crippen LogP contribution in [-0.2, 0) is 11.5 Å². The van der Waals surface area contributed by atoms with Crippen molar-refractivity contribution in [1.29, 1.82) is 5.26 Å². The van der Waals surface area contributed by atoms with Crippen LogP contribution in [0.5, 0.6) is 11.5 Å². The number of benzene rings is 2. The van der Waals surface area contributed by atoms with Gasteiger partial charge in [-0.25, -0.2) is 4.39 Å². The van der Waals surface area contributed by atoms with Gasteiger partial charge in [0.1, 0.15) is 17.3 Å². The third-order valence-corrected chi connectivity index (χ3v) is 5.53. The largest absolute Gasteiger partial charge is 0.457 e. The summed E-state index contributed by atoms with van der Waals surface area (Å²) in [6.45, 7) is 1.66. The van der Waals surface area contributed by atoms with E-state index in [1.807, 2.05) is 0 Å². The van der Waals surface area contributed by atoms with Crippen LogP contribution >= 0.6 is 0 Å². The number of nitriles is 1. The molecule has 146 valence electrons. The molecule has 2 aromatic carbocycles. The smallest absolute Gasteiger partial charge is 0.346 e. The number of nitrogens with zero attached hydrogens (tertiary/aromatic N) is 1. The first-order valence-corrected chi connectivity index (χ1v) is 8.57. The van der Waals surface area contributed by atoms with Gasteiger partial charge in [0.25, 0.3) is 0 Å². The molecule has 2 atom stereocenters. The standard InChI is InChI=1S/C20H14F5NO2/c1-10-4-5-18(27)17-14(19(22,23)20(18,24)25)2-3-15(16(10)17)28-13-7-11(9-26)6-12(21)8-13/h2-3,6-8,10,27H,4-5H2,1H3/t10-,18+/m0/s1. The second kappa shape index (κ2) is 5.67. The second-order valence-corrected chi connectivity index (χ2v) is 7.24. The van der Waals surface area contributed by atoms with Crippen molar-refractivity contribution in [3.8, 4) is 17.6 Å². The van der Waals surface area contributed by atoms with E-state index >= 15 is 0 Å². The van der Waals surface area contributed by atoms with Crippen LogP contribution in [0.25, 0.3) is 0 Å². The van der Waals surface area contributed by atoms with Crippen molar-refractivity contribution in [2.24, 2.45) is 0 Å². The first-order valence-electron chi connectivity index (χ1n) is 8.57. The lowest BCUT2D eigenvalue weighted by atomic mass is 9.74. The lowest BCUT2D eigenvalue weighted by Gasteiger charge is -2.38. The molecule has 0 heterocycles. The van der Waals surface area contributed by atoms with Gasteiger partial charge in [-0.3, -0.25) is 0 Å². The van der Waals surface area contributed by atoms with Crippen molar-refractivity contribution >= 4 is 0 Å². The summed E-state index contributed by atoms with van der Waals surface area (Å²) in [5.41, 5.74) is -4.42. The molecule has 4 rings (SSSR count). The van der Waals surface area contributed by atoms with Crippen LogP contribution in [0.3, 0.4) is 0 Å². The van der Waals surface area contributed by atoms with Gasteiger partial charge in [0.05, 0.1) is 11.6 Å². The topological polar surface area (TPSA) is 53.2 Å². The van der Waals surface area contributed by atoms with E-state index in [1.54, 1.807) is 13.0 Å². The van der Waals surface area contributed by atoms with Gasteiger partial charge < -0.3 is 9.84 Å². The molecule has 0 spiro atoms. The first kappa shape index (κ1) is 18.7. The van der Waals surface area contributed by atoms with Crippen molar-refractivity contribution in [2.45, 2.75) is 43.1 Å². The van der Waals surface area contributed by atoms with Gasteiger partial charge in [0.15, 0.2) is 5.60 Å². The highest BCUT2D eigenvalue weighted by Gasteiger charge is 2.77. The highest BCUT2D eigenvalue weighted by Crippen LogP contribution is 2.66. The second-order valence-electron chi connectivity index (χ2n) is 7.24. The number of rotatable bonds is 2. The van der Waals surface area contributed by atoms with Gasteiger partial charge in [-0.05, 0) is 43.0 Å². The highest BCUT2D eigenvalue weighted by molar-refractivity contribution is 5.59. The maximum Gasteiger partial charge on any atom is 0.346 e. The number of hydrogen-bond donors (Lipinski definition) is 1. The lowest BCUT2D eigenvalue weighted by Crippen LogP contribution is -2.50. The van der Waals surface area contributed by atoms with Gasteiger partial charge in [0, 0.05) is 22.8 Å². The van der Waals surface area contributed by atoms with E-state index in [0.29, 0.717) is 0 Å². The van der Waals surface area contributed by atoms with E-state index < -0.39 is 46.7 Å². The Morgan fingerprint density at radius 2 is 1.89 bits per heavy atom. The molecular weight excluding hydrogens is 381 g/mol. The molecule has 0 saturated heterocycles. The fraction of sp³-hybridized carbons (Fsp3) is 0.350. The SMILES string of the molecule is C[C@H]1CC[C@@]2(O)c3c(ccc(Oc4cc(F)cc(C#N)c4)c31)C(F)(F)C2(F)F. The van der Waals surface area contributed by atoms with Gasteiger partial charge in [-0.15, -0.1) is 0 Å². The summed E-state index contributed by atoms with van der Waals surface area (Å²) in [5.74, 6) is -10.5. The Balaban J connectivity index is 1.91. The monoisotopic (exact) mass is 395 g/mol. The Hall–Kier alpha value is -2.66. The van der Waals surface area contributed by atoms with E-state index in [1.165, 1.54) is 6.07 Å². The Labute approximate surface area is 157 Å². The van der Waals surface area contributed by atoms with E-state index in [2.05, 4.69) is 0 Å². The van der Waals surface area contributed by atoms with Crippen molar-refractivity contribution < 1.29 is 31.8 Å². The molecule has 0 fully saturated rings. The fourth-order valence-corrected chi connectivity index (χ4v) is 4.14. The molecule has 8 heteroatoms. The van der Waals surface area contributed by atoms with E-state index in [9.17, 15) is 27.1 Å². The van der Waals surface area contributed by atoms with Crippen LogP contribution in [0.1, 0.15) is 47.9 Å². The molecule has 3 nitrogen and oxygen atoms in total. The molecule has 0 bridgehead atoms.